The minimum Gasteiger partial charge on any atom is -0.390 e. The molecule has 2 N–H and O–H groups in total. The number of alkyl halides is 2. The normalized spacial score (nSPS) is 15.7. The summed E-state index contributed by atoms with van der Waals surface area (Å²) < 4.78 is 51.4. The van der Waals surface area contributed by atoms with Gasteiger partial charge in [0, 0.05) is 29.9 Å². The summed E-state index contributed by atoms with van der Waals surface area (Å²) >= 11 is 0. The predicted octanol–water partition coefficient (Wildman–Crippen LogP) is 2.24. The van der Waals surface area contributed by atoms with Gasteiger partial charge in [-0.1, -0.05) is 18.2 Å². The maximum atomic E-state index is 12.7. The van der Waals surface area contributed by atoms with E-state index in [2.05, 4.69) is 5.32 Å². The minimum atomic E-state index is -3.79. The number of β-amino-alcohol motifs (C(OH)–C–C–N with tert-alkyl or cyclic N) is 1. The molecule has 6 nitrogen and oxygen atoms in total. The van der Waals surface area contributed by atoms with Crippen LogP contribution in [0.1, 0.15) is 22.3 Å². The molecule has 1 heterocycles. The molecule has 0 atom stereocenters. The first kappa shape index (κ1) is 18.4. The van der Waals surface area contributed by atoms with Crippen LogP contribution in [0.25, 0.3) is 0 Å². The van der Waals surface area contributed by atoms with E-state index in [9.17, 15) is 27.1 Å². The summed E-state index contributed by atoms with van der Waals surface area (Å²) in [7, 11) is -3.79. The highest BCUT2D eigenvalue weighted by Gasteiger charge is 2.35. The lowest BCUT2D eigenvalue weighted by Gasteiger charge is -2.34. The molecule has 1 amide bonds. The molecule has 9 heteroatoms. The van der Waals surface area contributed by atoms with Crippen molar-refractivity contribution in [3.05, 3.63) is 59.7 Å². The molecule has 138 valence electrons. The summed E-state index contributed by atoms with van der Waals surface area (Å²) in [6, 6.07) is 10.7. The molecular formula is C17H16F2N2O4S. The molecule has 1 saturated heterocycles. The summed E-state index contributed by atoms with van der Waals surface area (Å²) in [4.78, 5) is 12.3. The largest absolute Gasteiger partial charge is 0.390 e. The lowest BCUT2D eigenvalue weighted by molar-refractivity contribution is 0.0548. The number of hydrogen-bond donors (Lipinski definition) is 2. The number of carbonyl (C=O) groups excluding carboxylic acids is 1. The van der Waals surface area contributed by atoms with Crippen molar-refractivity contribution < 1.29 is 27.1 Å². The molecule has 26 heavy (non-hydrogen) atoms. The minimum absolute atomic E-state index is 0.0131. The van der Waals surface area contributed by atoms with E-state index in [-0.39, 0.29) is 34.8 Å². The van der Waals surface area contributed by atoms with Crippen molar-refractivity contribution in [2.24, 2.45) is 0 Å². The summed E-state index contributed by atoms with van der Waals surface area (Å²) in [5.41, 5.74) is 0.0389. The average Bonchev–Trinajstić information content (AvgIpc) is 2.59. The molecule has 2 aromatic carbocycles. The Balaban J connectivity index is 1.80. The van der Waals surface area contributed by atoms with Crippen LogP contribution in [0.5, 0.6) is 0 Å². The van der Waals surface area contributed by atoms with Gasteiger partial charge in [0.25, 0.3) is 12.3 Å². The summed E-state index contributed by atoms with van der Waals surface area (Å²) in [6.45, 7) is 0.0261. The average molecular weight is 382 g/mol. The van der Waals surface area contributed by atoms with Gasteiger partial charge >= 0.3 is 0 Å². The van der Waals surface area contributed by atoms with Crippen LogP contribution in [0.15, 0.2) is 53.4 Å². The number of nitrogens with one attached hydrogen (secondary N) is 1. The van der Waals surface area contributed by atoms with E-state index in [1.54, 1.807) is 0 Å². The monoisotopic (exact) mass is 382 g/mol. The van der Waals surface area contributed by atoms with Crippen LogP contribution in [0.4, 0.5) is 14.5 Å². The van der Waals surface area contributed by atoms with Gasteiger partial charge in [-0.15, -0.1) is 0 Å². The third kappa shape index (κ3) is 3.74. The highest BCUT2D eigenvalue weighted by Crippen LogP contribution is 2.24. The Hall–Kier alpha value is -2.36. The zero-order valence-corrected chi connectivity index (χ0v) is 14.3. The highest BCUT2D eigenvalue weighted by molar-refractivity contribution is 7.89. The molecule has 0 saturated carbocycles. The van der Waals surface area contributed by atoms with Crippen LogP contribution in [0, 0.1) is 0 Å². The smallest absolute Gasteiger partial charge is 0.263 e. The van der Waals surface area contributed by atoms with Gasteiger partial charge in [-0.2, -0.15) is 4.31 Å². The summed E-state index contributed by atoms with van der Waals surface area (Å²) in [6.07, 6.45) is -3.34. The van der Waals surface area contributed by atoms with Gasteiger partial charge in [0.2, 0.25) is 10.0 Å². The van der Waals surface area contributed by atoms with Gasteiger partial charge in [0.1, 0.15) is 0 Å². The Kier molecular flexibility index (Phi) is 5.03. The van der Waals surface area contributed by atoms with Crippen molar-refractivity contribution >= 4 is 21.6 Å². The third-order valence-electron chi connectivity index (χ3n) is 3.96. The molecule has 0 aliphatic carbocycles. The molecule has 1 aliphatic heterocycles. The molecule has 2 aromatic rings. The van der Waals surface area contributed by atoms with E-state index in [0.29, 0.717) is 0 Å². The highest BCUT2D eigenvalue weighted by atomic mass is 32.2. The van der Waals surface area contributed by atoms with Gasteiger partial charge in [0.05, 0.1) is 11.0 Å². The topological polar surface area (TPSA) is 86.7 Å². The third-order valence-corrected chi connectivity index (χ3v) is 5.79. The lowest BCUT2D eigenvalue weighted by atomic mass is 10.2. The number of carbonyl (C=O) groups is 1. The Bertz CT molecular complexity index is 928. The van der Waals surface area contributed by atoms with Gasteiger partial charge in [-0.25, -0.2) is 17.2 Å². The van der Waals surface area contributed by atoms with Gasteiger partial charge in [-0.3, -0.25) is 4.79 Å². The predicted molar refractivity (Wildman–Crippen MR) is 90.6 cm³/mol. The van der Waals surface area contributed by atoms with Gasteiger partial charge < -0.3 is 10.4 Å². The van der Waals surface area contributed by atoms with Crippen LogP contribution in [-0.4, -0.2) is 42.9 Å². The van der Waals surface area contributed by atoms with Crippen LogP contribution in [0.2, 0.25) is 0 Å². The molecule has 0 aromatic heterocycles. The number of nitrogens with zero attached hydrogens (tertiary/aromatic N) is 1. The lowest BCUT2D eigenvalue weighted by Crippen LogP contribution is -2.53. The number of amides is 1. The van der Waals surface area contributed by atoms with E-state index in [4.69, 9.17) is 0 Å². The van der Waals surface area contributed by atoms with Crippen LogP contribution >= 0.6 is 0 Å². The number of rotatable bonds is 5. The standard InChI is InChI=1S/C17H16F2N2O4S/c18-16(19)11-3-1-5-13(7-11)20-17(23)12-4-2-6-15(8-12)26(24,25)21-9-14(22)10-21/h1-8,14,16,22H,9-10H2,(H,20,23). The fourth-order valence-corrected chi connectivity index (χ4v) is 4.08. The Morgan fingerprint density at radius 2 is 1.85 bits per heavy atom. The second-order valence-corrected chi connectivity index (χ2v) is 7.82. The van der Waals surface area contributed by atoms with E-state index in [0.717, 1.165) is 10.4 Å². The first-order valence-corrected chi connectivity index (χ1v) is 9.19. The fraction of sp³-hybridized carbons (Fsp3) is 0.235. The van der Waals surface area contributed by atoms with Crippen molar-refractivity contribution in [3.8, 4) is 0 Å². The van der Waals surface area contributed by atoms with Gasteiger partial charge in [0.15, 0.2) is 0 Å². The molecule has 3 rings (SSSR count). The van der Waals surface area contributed by atoms with E-state index >= 15 is 0 Å². The number of anilines is 1. The first-order valence-electron chi connectivity index (χ1n) is 7.75. The maximum Gasteiger partial charge on any atom is 0.263 e. The zero-order valence-electron chi connectivity index (χ0n) is 13.5. The van der Waals surface area contributed by atoms with Crippen molar-refractivity contribution in [1.82, 2.24) is 4.31 Å². The SMILES string of the molecule is O=C(Nc1cccc(C(F)F)c1)c1cccc(S(=O)(=O)N2CC(O)C2)c1. The second kappa shape index (κ2) is 7.10. The number of hydrogen-bond acceptors (Lipinski definition) is 4. The van der Waals surface area contributed by atoms with Gasteiger partial charge in [-0.05, 0) is 30.3 Å². The van der Waals surface area contributed by atoms with Crippen molar-refractivity contribution in [3.63, 3.8) is 0 Å². The molecular weight excluding hydrogens is 366 g/mol. The quantitative estimate of drug-likeness (QED) is 0.830. The number of aliphatic hydroxyl groups is 1. The van der Waals surface area contributed by atoms with Crippen molar-refractivity contribution in [1.29, 1.82) is 0 Å². The zero-order chi connectivity index (χ0) is 18.9. The number of halogens is 2. The van der Waals surface area contributed by atoms with E-state index in [1.807, 2.05) is 0 Å². The molecule has 1 aliphatic rings. The van der Waals surface area contributed by atoms with Crippen LogP contribution < -0.4 is 5.32 Å². The number of sulfonamides is 1. The van der Waals surface area contributed by atoms with Crippen LogP contribution in [0.3, 0.4) is 0 Å². The first-order chi connectivity index (χ1) is 12.3. The number of aliphatic hydroxyl groups excluding tert-OH is 1. The molecule has 0 radical (unpaired) electrons. The van der Waals surface area contributed by atoms with Crippen molar-refractivity contribution in [2.75, 3.05) is 18.4 Å². The Morgan fingerprint density at radius 3 is 2.50 bits per heavy atom. The second-order valence-electron chi connectivity index (χ2n) is 5.88. The fourth-order valence-electron chi connectivity index (χ4n) is 2.52. The molecule has 0 spiro atoms. The van der Waals surface area contributed by atoms with E-state index in [1.165, 1.54) is 42.5 Å². The molecule has 0 bridgehead atoms. The molecule has 1 fully saturated rings. The van der Waals surface area contributed by atoms with Crippen molar-refractivity contribution in [2.45, 2.75) is 17.4 Å². The maximum absolute atomic E-state index is 12.7. The van der Waals surface area contributed by atoms with Crippen LogP contribution in [-0.2, 0) is 10.0 Å². The Morgan fingerprint density at radius 1 is 1.15 bits per heavy atom. The number of benzene rings is 2. The van der Waals surface area contributed by atoms with E-state index < -0.39 is 28.5 Å². The summed E-state index contributed by atoms with van der Waals surface area (Å²) in [5.74, 6) is -0.614. The summed E-state index contributed by atoms with van der Waals surface area (Å²) in [5, 5.41) is 11.7. The Labute approximate surface area is 149 Å². The molecule has 0 unspecified atom stereocenters.